The Bertz CT molecular complexity index is 1760. The maximum Gasteiger partial charge on any atom is 0.496 e. The van der Waals surface area contributed by atoms with Gasteiger partial charge in [0, 0.05) is 48.0 Å². The van der Waals surface area contributed by atoms with E-state index < -0.39 is 28.3 Å². The minimum absolute atomic E-state index is 0.0121. The van der Waals surface area contributed by atoms with Gasteiger partial charge in [0.15, 0.2) is 5.65 Å². The minimum atomic E-state index is -3.94. The Kier molecular flexibility index (Phi) is 6.03. The van der Waals surface area contributed by atoms with Crippen LogP contribution in [0.25, 0.3) is 22.2 Å². The van der Waals surface area contributed by atoms with Crippen molar-refractivity contribution in [1.82, 2.24) is 13.9 Å². The number of nitrogens with zero attached hydrogens (tertiary/aromatic N) is 3. The molecule has 8 nitrogen and oxygen atoms in total. The molecule has 2 aliphatic heterocycles. The Hall–Kier alpha value is -3.47. The molecule has 10 heteroatoms. The Morgan fingerprint density at radius 1 is 0.950 bits per heavy atom. The molecule has 1 amide bonds. The van der Waals surface area contributed by atoms with E-state index >= 15 is 0 Å². The standard InChI is InChI=1S/C30H32BN3O5S/c1-19-7-10-23(11-8-19)40(36,37)34-18-26(20-9-12-24-21(15-20)13-14-33(6)28(24)35)25-16-22(17-32-27(25)34)31-38-29(2,3)30(4,5)39-31/h7-12,15-18H,13-14H2,1-6H3. The van der Waals surface area contributed by atoms with Gasteiger partial charge in [0.1, 0.15) is 0 Å². The molecule has 0 atom stereocenters. The van der Waals surface area contributed by atoms with Gasteiger partial charge in [-0.25, -0.2) is 17.4 Å². The summed E-state index contributed by atoms with van der Waals surface area (Å²) >= 11 is 0. The number of hydrogen-bond acceptors (Lipinski definition) is 6. The van der Waals surface area contributed by atoms with Crippen molar-refractivity contribution in [3.05, 3.63) is 77.6 Å². The highest BCUT2D eigenvalue weighted by Gasteiger charge is 2.52. The monoisotopic (exact) mass is 557 g/mol. The second-order valence-electron chi connectivity index (χ2n) is 11.7. The van der Waals surface area contributed by atoms with Gasteiger partial charge in [-0.15, -0.1) is 0 Å². The summed E-state index contributed by atoms with van der Waals surface area (Å²) in [5.41, 5.74) is 4.04. The third-order valence-corrected chi connectivity index (χ3v) is 10.1. The smallest absolute Gasteiger partial charge is 0.399 e. The van der Waals surface area contributed by atoms with Crippen LogP contribution >= 0.6 is 0 Å². The van der Waals surface area contributed by atoms with Gasteiger partial charge < -0.3 is 14.2 Å². The van der Waals surface area contributed by atoms with E-state index in [-0.39, 0.29) is 10.8 Å². The SMILES string of the molecule is Cc1ccc(S(=O)(=O)n2cc(-c3ccc4c(c3)CCN(C)C4=O)c3cc(B4OC(C)(C)C(C)(C)O4)cnc32)cc1. The zero-order valence-electron chi connectivity index (χ0n) is 23.6. The average molecular weight is 557 g/mol. The Morgan fingerprint density at radius 2 is 1.62 bits per heavy atom. The third kappa shape index (κ3) is 4.17. The van der Waals surface area contributed by atoms with Crippen molar-refractivity contribution in [3.63, 3.8) is 0 Å². The number of hydrogen-bond donors (Lipinski definition) is 0. The van der Waals surface area contributed by atoms with Crippen molar-refractivity contribution in [3.8, 4) is 11.1 Å². The zero-order valence-corrected chi connectivity index (χ0v) is 24.4. The Morgan fingerprint density at radius 3 is 2.30 bits per heavy atom. The van der Waals surface area contributed by atoms with E-state index in [1.807, 2.05) is 58.9 Å². The fourth-order valence-corrected chi connectivity index (χ4v) is 6.54. The quantitative estimate of drug-likeness (QED) is 0.350. The van der Waals surface area contributed by atoms with E-state index in [2.05, 4.69) is 4.98 Å². The summed E-state index contributed by atoms with van der Waals surface area (Å²) in [7, 11) is -2.79. The number of aromatic nitrogens is 2. The van der Waals surface area contributed by atoms with E-state index in [0.717, 1.165) is 23.1 Å². The highest BCUT2D eigenvalue weighted by molar-refractivity contribution is 7.90. The molecule has 6 rings (SSSR count). The number of fused-ring (bicyclic) bond motifs is 2. The first-order valence-corrected chi connectivity index (χ1v) is 14.8. The molecule has 40 heavy (non-hydrogen) atoms. The molecule has 206 valence electrons. The fourth-order valence-electron chi connectivity index (χ4n) is 5.21. The molecule has 0 bridgehead atoms. The summed E-state index contributed by atoms with van der Waals surface area (Å²) in [6.45, 7) is 10.5. The number of pyridine rings is 1. The highest BCUT2D eigenvalue weighted by atomic mass is 32.2. The summed E-state index contributed by atoms with van der Waals surface area (Å²) in [6, 6.07) is 14.4. The van der Waals surface area contributed by atoms with Gasteiger partial charge in [0.05, 0.1) is 16.1 Å². The van der Waals surface area contributed by atoms with Crippen LogP contribution in [0.5, 0.6) is 0 Å². The molecular formula is C30H32BN3O5S. The molecule has 0 spiro atoms. The number of likely N-dealkylation sites (N-methyl/N-ethyl adjacent to an activating group) is 1. The summed E-state index contributed by atoms with van der Waals surface area (Å²) in [5.74, 6) is -0.0121. The maximum absolute atomic E-state index is 13.9. The average Bonchev–Trinajstić information content (AvgIpc) is 3.40. The fraction of sp³-hybridized carbons (Fsp3) is 0.333. The summed E-state index contributed by atoms with van der Waals surface area (Å²) < 4.78 is 41.5. The third-order valence-electron chi connectivity index (χ3n) is 8.45. The molecule has 2 aromatic heterocycles. The van der Waals surface area contributed by atoms with E-state index in [4.69, 9.17) is 9.31 Å². The van der Waals surface area contributed by atoms with Crippen LogP contribution in [0.2, 0.25) is 0 Å². The van der Waals surface area contributed by atoms with Crippen LogP contribution in [0, 0.1) is 6.92 Å². The predicted octanol–water partition coefficient (Wildman–Crippen LogP) is 4.18. The number of amides is 1. The van der Waals surface area contributed by atoms with Gasteiger partial charge in [-0.2, -0.15) is 0 Å². The second-order valence-corrected chi connectivity index (χ2v) is 13.5. The molecule has 2 aromatic carbocycles. The molecule has 1 fully saturated rings. The van der Waals surface area contributed by atoms with Gasteiger partial charge in [-0.1, -0.05) is 29.8 Å². The Labute approximate surface area is 235 Å². The van der Waals surface area contributed by atoms with Crippen molar-refractivity contribution < 1.29 is 22.5 Å². The number of carbonyl (C=O) groups excluding carboxylic acids is 1. The van der Waals surface area contributed by atoms with Crippen molar-refractivity contribution in [2.75, 3.05) is 13.6 Å². The van der Waals surface area contributed by atoms with Crippen LogP contribution in [0.4, 0.5) is 0 Å². The number of benzene rings is 2. The molecule has 0 unspecified atom stereocenters. The number of rotatable bonds is 4. The first-order valence-electron chi connectivity index (χ1n) is 13.4. The molecule has 4 aromatic rings. The van der Waals surface area contributed by atoms with Crippen LogP contribution in [-0.4, -0.2) is 60.1 Å². The van der Waals surface area contributed by atoms with Crippen LogP contribution < -0.4 is 5.46 Å². The molecular weight excluding hydrogens is 525 g/mol. The lowest BCUT2D eigenvalue weighted by molar-refractivity contribution is 0.00578. The van der Waals surface area contributed by atoms with Gasteiger partial charge >= 0.3 is 7.12 Å². The lowest BCUT2D eigenvalue weighted by Gasteiger charge is -2.32. The van der Waals surface area contributed by atoms with Crippen molar-refractivity contribution >= 4 is 39.5 Å². The van der Waals surface area contributed by atoms with Crippen LogP contribution in [0.3, 0.4) is 0 Å². The lowest BCUT2D eigenvalue weighted by Crippen LogP contribution is -2.41. The lowest BCUT2D eigenvalue weighted by atomic mass is 9.79. The van der Waals surface area contributed by atoms with Crippen LogP contribution in [0.15, 0.2) is 65.8 Å². The van der Waals surface area contributed by atoms with Crippen LogP contribution in [0.1, 0.15) is 49.2 Å². The number of carbonyl (C=O) groups is 1. The van der Waals surface area contributed by atoms with Gasteiger partial charge in [-0.05, 0) is 76.4 Å². The van der Waals surface area contributed by atoms with E-state index in [1.54, 1.807) is 48.6 Å². The largest absolute Gasteiger partial charge is 0.496 e. The summed E-state index contributed by atoms with van der Waals surface area (Å²) in [4.78, 5) is 19.2. The maximum atomic E-state index is 13.9. The van der Waals surface area contributed by atoms with E-state index in [0.29, 0.717) is 34.2 Å². The molecule has 0 saturated carbocycles. The number of aryl methyl sites for hydroxylation is 1. The van der Waals surface area contributed by atoms with Crippen molar-refractivity contribution in [2.24, 2.45) is 0 Å². The first-order chi connectivity index (χ1) is 18.8. The minimum Gasteiger partial charge on any atom is -0.399 e. The van der Waals surface area contributed by atoms with Gasteiger partial charge in [0.2, 0.25) is 0 Å². The normalized spacial score (nSPS) is 18.4. The second kappa shape index (κ2) is 9.02. The molecule has 0 radical (unpaired) electrons. The zero-order chi connectivity index (χ0) is 28.6. The molecule has 0 aliphatic carbocycles. The summed E-state index contributed by atoms with van der Waals surface area (Å²) in [5, 5.41) is 0.655. The van der Waals surface area contributed by atoms with Crippen LogP contribution in [-0.2, 0) is 25.8 Å². The van der Waals surface area contributed by atoms with Crippen molar-refractivity contribution in [1.29, 1.82) is 0 Å². The molecule has 1 saturated heterocycles. The van der Waals surface area contributed by atoms with Gasteiger partial charge in [-0.3, -0.25) is 4.79 Å². The summed E-state index contributed by atoms with van der Waals surface area (Å²) in [6.07, 6.45) is 3.97. The molecule has 2 aliphatic rings. The Balaban J connectivity index is 1.54. The van der Waals surface area contributed by atoms with E-state index in [9.17, 15) is 13.2 Å². The van der Waals surface area contributed by atoms with E-state index in [1.165, 1.54) is 3.97 Å². The first kappa shape index (κ1) is 26.7. The molecule has 0 N–H and O–H groups in total. The van der Waals surface area contributed by atoms with Crippen molar-refractivity contribution in [2.45, 2.75) is 57.1 Å². The predicted molar refractivity (Wildman–Crippen MR) is 155 cm³/mol. The highest BCUT2D eigenvalue weighted by Crippen LogP contribution is 2.38. The molecule has 4 heterocycles. The topological polar surface area (TPSA) is 90.7 Å². The van der Waals surface area contributed by atoms with Gasteiger partial charge in [0.25, 0.3) is 15.9 Å².